The number of carbonyl (C=O) groups is 1. The molecule has 2 atom stereocenters. The maximum Gasteiger partial charge on any atom is 0.322 e. The molecule has 0 radical (unpaired) electrons. The van der Waals surface area contributed by atoms with Crippen LogP contribution in [0.25, 0.3) is 0 Å². The van der Waals surface area contributed by atoms with Crippen LogP contribution in [0.3, 0.4) is 0 Å². The van der Waals surface area contributed by atoms with Crippen LogP contribution in [-0.2, 0) is 14.3 Å². The first-order valence-corrected chi connectivity index (χ1v) is 4.38. The van der Waals surface area contributed by atoms with Gasteiger partial charge in [-0.1, -0.05) is 15.9 Å². The van der Waals surface area contributed by atoms with Crippen LogP contribution < -0.4 is 0 Å². The third-order valence-electron chi connectivity index (χ3n) is 1.30. The highest BCUT2D eigenvalue weighted by atomic mass is 79.9. The van der Waals surface area contributed by atoms with Gasteiger partial charge in [-0.3, -0.25) is 4.79 Å². The highest BCUT2D eigenvalue weighted by Crippen LogP contribution is 2.10. The number of rotatable bonds is 4. The van der Waals surface area contributed by atoms with Gasteiger partial charge >= 0.3 is 5.97 Å². The van der Waals surface area contributed by atoms with E-state index < -0.39 is 0 Å². The fraction of sp³-hybridized carbons (Fsp3) is 0.857. The van der Waals surface area contributed by atoms with Gasteiger partial charge in [0.15, 0.2) is 0 Å². The normalized spacial score (nSPS) is 15.6. The predicted molar refractivity (Wildman–Crippen MR) is 45.8 cm³/mol. The molecule has 0 saturated heterocycles. The van der Waals surface area contributed by atoms with Crippen molar-refractivity contribution in [2.24, 2.45) is 0 Å². The lowest BCUT2D eigenvalue weighted by atomic mass is 10.3. The van der Waals surface area contributed by atoms with E-state index in [0.717, 1.165) is 0 Å². The van der Waals surface area contributed by atoms with Crippen LogP contribution in [0.1, 0.15) is 13.8 Å². The number of hydrogen-bond acceptors (Lipinski definition) is 3. The summed E-state index contributed by atoms with van der Waals surface area (Å²) in [6.07, 6.45) is -0.158. The Kier molecular flexibility index (Phi) is 5.50. The molecule has 0 N–H and O–H groups in total. The fourth-order valence-electron chi connectivity index (χ4n) is 0.533. The second-order valence-electron chi connectivity index (χ2n) is 2.09. The third kappa shape index (κ3) is 3.72. The van der Waals surface area contributed by atoms with Crippen molar-refractivity contribution in [3.63, 3.8) is 0 Å². The molecule has 4 heteroatoms. The molecule has 0 unspecified atom stereocenters. The van der Waals surface area contributed by atoms with Gasteiger partial charge < -0.3 is 9.47 Å². The summed E-state index contributed by atoms with van der Waals surface area (Å²) >= 11 is 3.17. The Morgan fingerprint density at radius 3 is 2.55 bits per heavy atom. The van der Waals surface area contributed by atoms with Crippen LogP contribution in [0.15, 0.2) is 0 Å². The van der Waals surface area contributed by atoms with E-state index in [1.807, 2.05) is 0 Å². The van der Waals surface area contributed by atoms with E-state index in [0.29, 0.717) is 6.61 Å². The van der Waals surface area contributed by atoms with Crippen LogP contribution in [0.5, 0.6) is 0 Å². The minimum absolute atomic E-state index is 0.158. The van der Waals surface area contributed by atoms with E-state index in [-0.39, 0.29) is 16.9 Å². The van der Waals surface area contributed by atoms with Crippen molar-refractivity contribution in [2.75, 3.05) is 13.7 Å². The summed E-state index contributed by atoms with van der Waals surface area (Å²) in [6, 6.07) is 0. The van der Waals surface area contributed by atoms with Gasteiger partial charge in [0, 0.05) is 7.11 Å². The molecule has 0 bridgehead atoms. The van der Waals surface area contributed by atoms with Crippen molar-refractivity contribution in [3.8, 4) is 0 Å². The van der Waals surface area contributed by atoms with Gasteiger partial charge in [0.1, 0.15) is 4.83 Å². The zero-order chi connectivity index (χ0) is 8.85. The topological polar surface area (TPSA) is 35.5 Å². The summed E-state index contributed by atoms with van der Waals surface area (Å²) in [4.78, 5) is 10.6. The van der Waals surface area contributed by atoms with Gasteiger partial charge in [0.25, 0.3) is 0 Å². The molecule has 11 heavy (non-hydrogen) atoms. The molecular formula is C7H13BrO3. The van der Waals surface area contributed by atoms with E-state index in [9.17, 15) is 4.79 Å². The SMILES string of the molecule is CCOC(=O)[C@@H](Br)[C@H](C)OC. The quantitative estimate of drug-likeness (QED) is 0.535. The van der Waals surface area contributed by atoms with Gasteiger partial charge in [-0.25, -0.2) is 0 Å². The second-order valence-corrected chi connectivity index (χ2v) is 3.08. The van der Waals surface area contributed by atoms with Crippen molar-refractivity contribution in [1.82, 2.24) is 0 Å². The van der Waals surface area contributed by atoms with Crippen LogP contribution in [0.2, 0.25) is 0 Å². The summed E-state index contributed by atoms with van der Waals surface area (Å²) in [5, 5.41) is 0. The summed E-state index contributed by atoms with van der Waals surface area (Å²) in [7, 11) is 1.55. The number of esters is 1. The van der Waals surface area contributed by atoms with Gasteiger partial charge in [-0.15, -0.1) is 0 Å². The zero-order valence-corrected chi connectivity index (χ0v) is 8.55. The van der Waals surface area contributed by atoms with Crippen LogP contribution in [0.4, 0.5) is 0 Å². The molecule has 0 aliphatic carbocycles. The Labute approximate surface area is 75.2 Å². The minimum Gasteiger partial charge on any atom is -0.465 e. The lowest BCUT2D eigenvalue weighted by molar-refractivity contribution is -0.144. The number of methoxy groups -OCH3 is 1. The Balaban J connectivity index is 3.80. The third-order valence-corrected chi connectivity index (χ3v) is 2.41. The largest absolute Gasteiger partial charge is 0.465 e. The highest BCUT2D eigenvalue weighted by molar-refractivity contribution is 9.10. The van der Waals surface area contributed by atoms with E-state index in [4.69, 9.17) is 9.47 Å². The number of halogens is 1. The Morgan fingerprint density at radius 2 is 2.18 bits per heavy atom. The Morgan fingerprint density at radius 1 is 1.64 bits per heavy atom. The van der Waals surface area contributed by atoms with Crippen LogP contribution in [0, 0.1) is 0 Å². The molecule has 0 aromatic rings. The fourth-order valence-corrected chi connectivity index (χ4v) is 0.881. The second kappa shape index (κ2) is 5.55. The summed E-state index contributed by atoms with van der Waals surface area (Å²) < 4.78 is 9.69. The van der Waals surface area contributed by atoms with Crippen molar-refractivity contribution in [1.29, 1.82) is 0 Å². The standard InChI is InChI=1S/C7H13BrO3/c1-4-11-7(9)6(8)5(2)10-3/h5-6H,4H2,1-3H3/t5-,6-/m0/s1. The molecule has 3 nitrogen and oxygen atoms in total. The molecule has 0 aromatic heterocycles. The molecule has 0 rings (SSSR count). The summed E-state index contributed by atoms with van der Waals surface area (Å²) in [5.41, 5.74) is 0. The molecule has 0 saturated carbocycles. The molecule has 0 aliphatic heterocycles. The first-order valence-electron chi connectivity index (χ1n) is 3.47. The molecule has 0 aromatic carbocycles. The Bertz CT molecular complexity index is 127. The van der Waals surface area contributed by atoms with Crippen LogP contribution >= 0.6 is 15.9 Å². The van der Waals surface area contributed by atoms with Crippen molar-refractivity contribution in [3.05, 3.63) is 0 Å². The Hall–Kier alpha value is -0.0900. The number of alkyl halides is 1. The monoisotopic (exact) mass is 224 g/mol. The maximum atomic E-state index is 11.0. The van der Waals surface area contributed by atoms with Gasteiger partial charge in [0.2, 0.25) is 0 Å². The van der Waals surface area contributed by atoms with Gasteiger partial charge in [-0.2, -0.15) is 0 Å². The zero-order valence-electron chi connectivity index (χ0n) is 6.96. The number of hydrogen-bond donors (Lipinski definition) is 0. The lowest BCUT2D eigenvalue weighted by Crippen LogP contribution is -2.29. The number of carbonyl (C=O) groups excluding carboxylic acids is 1. The van der Waals surface area contributed by atoms with E-state index >= 15 is 0 Å². The van der Waals surface area contributed by atoms with E-state index in [1.165, 1.54) is 0 Å². The van der Waals surface area contributed by atoms with Crippen molar-refractivity contribution in [2.45, 2.75) is 24.8 Å². The maximum absolute atomic E-state index is 11.0. The molecule has 0 spiro atoms. The van der Waals surface area contributed by atoms with Crippen LogP contribution in [-0.4, -0.2) is 30.6 Å². The van der Waals surface area contributed by atoms with Gasteiger partial charge in [-0.05, 0) is 13.8 Å². The molecule has 0 aliphatic rings. The van der Waals surface area contributed by atoms with Crippen molar-refractivity contribution < 1.29 is 14.3 Å². The lowest BCUT2D eigenvalue weighted by Gasteiger charge is -2.14. The van der Waals surface area contributed by atoms with Gasteiger partial charge in [0.05, 0.1) is 12.7 Å². The smallest absolute Gasteiger partial charge is 0.322 e. The molecular weight excluding hydrogens is 212 g/mol. The van der Waals surface area contributed by atoms with Crippen molar-refractivity contribution >= 4 is 21.9 Å². The molecule has 66 valence electrons. The average molecular weight is 225 g/mol. The van der Waals surface area contributed by atoms with E-state index in [1.54, 1.807) is 21.0 Å². The first-order chi connectivity index (χ1) is 5.13. The highest BCUT2D eigenvalue weighted by Gasteiger charge is 2.22. The average Bonchev–Trinajstić information content (AvgIpc) is 2.02. The van der Waals surface area contributed by atoms with E-state index in [2.05, 4.69) is 15.9 Å². The molecule has 0 fully saturated rings. The summed E-state index contributed by atoms with van der Waals surface area (Å²) in [5.74, 6) is -0.276. The molecule has 0 heterocycles. The predicted octanol–water partition coefficient (Wildman–Crippen LogP) is 1.35. The minimum atomic E-state index is -0.368. The first kappa shape index (κ1) is 10.9. The summed E-state index contributed by atoms with van der Waals surface area (Å²) in [6.45, 7) is 3.97. The molecule has 0 amide bonds. The number of ether oxygens (including phenoxy) is 2.